The minimum absolute atomic E-state index is 0.0103. The van der Waals surface area contributed by atoms with E-state index in [1.54, 1.807) is 6.20 Å². The van der Waals surface area contributed by atoms with Crippen LogP contribution in [0.3, 0.4) is 0 Å². The van der Waals surface area contributed by atoms with Crippen molar-refractivity contribution in [3.05, 3.63) is 53.7 Å². The highest BCUT2D eigenvalue weighted by Crippen LogP contribution is 2.22. The van der Waals surface area contributed by atoms with Crippen LogP contribution in [0, 0.1) is 6.92 Å². The first-order valence-electron chi connectivity index (χ1n) is 6.06. The van der Waals surface area contributed by atoms with Crippen molar-refractivity contribution in [2.24, 2.45) is 0 Å². The lowest BCUT2D eigenvalue weighted by Gasteiger charge is -2.14. The van der Waals surface area contributed by atoms with Gasteiger partial charge in [0, 0.05) is 11.8 Å². The summed E-state index contributed by atoms with van der Waals surface area (Å²) in [6.45, 7) is 2.15. The molecule has 2 N–H and O–H groups in total. The maximum absolute atomic E-state index is 9.24. The van der Waals surface area contributed by atoms with Crippen molar-refractivity contribution in [1.82, 2.24) is 10.3 Å². The summed E-state index contributed by atoms with van der Waals surface area (Å²) < 4.78 is 0. The first kappa shape index (κ1) is 12.7. The summed E-state index contributed by atoms with van der Waals surface area (Å²) in [6.07, 6.45) is 1.81. The lowest BCUT2D eigenvalue weighted by molar-refractivity contribution is 0.251. The summed E-state index contributed by atoms with van der Waals surface area (Å²) in [5.41, 5.74) is 4.36. The van der Waals surface area contributed by atoms with Gasteiger partial charge in [-0.1, -0.05) is 30.3 Å². The molecule has 1 heterocycles. The highest BCUT2D eigenvalue weighted by atomic mass is 16.3. The molecule has 3 nitrogen and oxygen atoms in total. The van der Waals surface area contributed by atoms with Gasteiger partial charge in [0.1, 0.15) is 0 Å². The van der Waals surface area contributed by atoms with E-state index >= 15 is 0 Å². The second-order valence-corrected chi connectivity index (χ2v) is 4.31. The molecule has 94 valence electrons. The summed E-state index contributed by atoms with van der Waals surface area (Å²) in [7, 11) is 1.84. The minimum Gasteiger partial charge on any atom is -0.394 e. The van der Waals surface area contributed by atoms with Crippen LogP contribution in [0.1, 0.15) is 17.2 Å². The highest BCUT2D eigenvalue weighted by Gasteiger charge is 2.08. The van der Waals surface area contributed by atoms with E-state index in [4.69, 9.17) is 0 Å². The number of hydrogen-bond donors (Lipinski definition) is 2. The Balaban J connectivity index is 2.30. The Morgan fingerprint density at radius 3 is 2.50 bits per heavy atom. The van der Waals surface area contributed by atoms with Crippen LogP contribution in [-0.2, 0) is 0 Å². The van der Waals surface area contributed by atoms with Crippen LogP contribution in [0.2, 0.25) is 0 Å². The van der Waals surface area contributed by atoms with Gasteiger partial charge in [0.15, 0.2) is 0 Å². The molecule has 0 radical (unpaired) electrons. The zero-order chi connectivity index (χ0) is 13.0. The van der Waals surface area contributed by atoms with Crippen LogP contribution in [0.4, 0.5) is 0 Å². The number of aromatic nitrogens is 1. The summed E-state index contributed by atoms with van der Waals surface area (Å²) in [4.78, 5) is 4.40. The smallest absolute Gasteiger partial charge is 0.0731 e. The van der Waals surface area contributed by atoms with Gasteiger partial charge in [0.05, 0.1) is 18.3 Å². The Kier molecular flexibility index (Phi) is 4.07. The lowest BCUT2D eigenvalue weighted by Crippen LogP contribution is -2.19. The molecule has 0 saturated carbocycles. The van der Waals surface area contributed by atoms with Crippen molar-refractivity contribution in [3.8, 4) is 11.3 Å². The predicted molar refractivity (Wildman–Crippen MR) is 73.3 cm³/mol. The monoisotopic (exact) mass is 242 g/mol. The number of likely N-dealkylation sites (N-methyl/N-ethyl adjacent to an activating group) is 1. The Labute approximate surface area is 108 Å². The zero-order valence-corrected chi connectivity index (χ0v) is 10.7. The summed E-state index contributed by atoms with van der Waals surface area (Å²) in [5.74, 6) is 0. The molecule has 0 aliphatic carbocycles. The van der Waals surface area contributed by atoms with Crippen LogP contribution >= 0.6 is 0 Å². The normalized spacial score (nSPS) is 12.4. The van der Waals surface area contributed by atoms with Crippen LogP contribution in [0.5, 0.6) is 0 Å². The Morgan fingerprint density at radius 1 is 1.22 bits per heavy atom. The molecule has 0 spiro atoms. The average Bonchev–Trinajstić information content (AvgIpc) is 2.42. The van der Waals surface area contributed by atoms with Crippen molar-refractivity contribution in [2.45, 2.75) is 13.0 Å². The molecule has 0 saturated heterocycles. The van der Waals surface area contributed by atoms with Crippen molar-refractivity contribution in [2.75, 3.05) is 13.7 Å². The van der Waals surface area contributed by atoms with Gasteiger partial charge in [-0.3, -0.25) is 4.98 Å². The largest absolute Gasteiger partial charge is 0.394 e. The molecule has 0 bridgehead atoms. The second kappa shape index (κ2) is 5.76. The Morgan fingerprint density at radius 2 is 1.94 bits per heavy atom. The number of aryl methyl sites for hydroxylation is 1. The molecule has 18 heavy (non-hydrogen) atoms. The van der Waals surface area contributed by atoms with E-state index in [1.165, 1.54) is 0 Å². The third-order valence-corrected chi connectivity index (χ3v) is 3.13. The lowest BCUT2D eigenvalue weighted by atomic mass is 10.0. The van der Waals surface area contributed by atoms with Crippen LogP contribution in [0.25, 0.3) is 11.3 Å². The van der Waals surface area contributed by atoms with E-state index in [0.717, 1.165) is 22.4 Å². The average molecular weight is 242 g/mol. The summed E-state index contributed by atoms with van der Waals surface area (Å²) in [5, 5.41) is 12.3. The van der Waals surface area contributed by atoms with Crippen LogP contribution < -0.4 is 5.32 Å². The first-order valence-corrected chi connectivity index (χ1v) is 6.06. The predicted octanol–water partition coefficient (Wildman–Crippen LogP) is 2.31. The van der Waals surface area contributed by atoms with Gasteiger partial charge >= 0.3 is 0 Å². The van der Waals surface area contributed by atoms with Gasteiger partial charge < -0.3 is 10.4 Å². The van der Waals surface area contributed by atoms with Gasteiger partial charge in [-0.05, 0) is 31.2 Å². The number of aliphatic hydroxyl groups is 1. The van der Waals surface area contributed by atoms with Crippen molar-refractivity contribution >= 4 is 0 Å². The van der Waals surface area contributed by atoms with E-state index in [2.05, 4.69) is 23.3 Å². The molecule has 2 aromatic rings. The fourth-order valence-electron chi connectivity index (χ4n) is 2.02. The third kappa shape index (κ3) is 2.58. The van der Waals surface area contributed by atoms with Gasteiger partial charge in [0.2, 0.25) is 0 Å². The van der Waals surface area contributed by atoms with E-state index in [-0.39, 0.29) is 12.6 Å². The number of aliphatic hydroxyl groups excluding tert-OH is 1. The first-order chi connectivity index (χ1) is 8.76. The van der Waals surface area contributed by atoms with E-state index in [1.807, 2.05) is 37.4 Å². The number of nitrogens with zero attached hydrogens (tertiary/aromatic N) is 1. The summed E-state index contributed by atoms with van der Waals surface area (Å²) >= 11 is 0. The maximum atomic E-state index is 9.24. The SMILES string of the molecule is CNC(CO)c1ccc(-c2ncccc2C)cc1. The van der Waals surface area contributed by atoms with Crippen LogP contribution in [0.15, 0.2) is 42.6 Å². The molecular formula is C15H18N2O. The molecule has 1 aromatic heterocycles. The van der Waals surface area contributed by atoms with E-state index in [0.29, 0.717) is 0 Å². The maximum Gasteiger partial charge on any atom is 0.0731 e. The third-order valence-electron chi connectivity index (χ3n) is 3.13. The molecule has 0 amide bonds. The fraction of sp³-hybridized carbons (Fsp3) is 0.267. The fourth-order valence-corrected chi connectivity index (χ4v) is 2.02. The topological polar surface area (TPSA) is 45.1 Å². The van der Waals surface area contributed by atoms with Crippen molar-refractivity contribution in [3.63, 3.8) is 0 Å². The standard InChI is InChI=1S/C15H18N2O/c1-11-4-3-9-17-15(11)13-7-5-12(6-8-13)14(10-18)16-2/h3-9,14,16,18H,10H2,1-2H3. The van der Waals surface area contributed by atoms with E-state index in [9.17, 15) is 5.11 Å². The quantitative estimate of drug-likeness (QED) is 0.864. The molecular weight excluding hydrogens is 224 g/mol. The van der Waals surface area contributed by atoms with E-state index < -0.39 is 0 Å². The Hall–Kier alpha value is -1.71. The molecule has 1 aromatic carbocycles. The Bertz CT molecular complexity index is 504. The number of hydrogen-bond acceptors (Lipinski definition) is 3. The molecule has 0 aliphatic heterocycles. The van der Waals surface area contributed by atoms with Gasteiger partial charge in [0.25, 0.3) is 0 Å². The molecule has 3 heteroatoms. The number of nitrogens with one attached hydrogen (secondary N) is 1. The molecule has 1 atom stereocenters. The molecule has 1 unspecified atom stereocenters. The zero-order valence-electron chi connectivity index (χ0n) is 10.7. The second-order valence-electron chi connectivity index (χ2n) is 4.31. The molecule has 0 fully saturated rings. The van der Waals surface area contributed by atoms with Gasteiger partial charge in [-0.15, -0.1) is 0 Å². The number of pyridine rings is 1. The number of benzene rings is 1. The molecule has 0 aliphatic rings. The number of rotatable bonds is 4. The van der Waals surface area contributed by atoms with Crippen molar-refractivity contribution < 1.29 is 5.11 Å². The van der Waals surface area contributed by atoms with Crippen molar-refractivity contribution in [1.29, 1.82) is 0 Å². The molecule has 2 rings (SSSR count). The minimum atomic E-state index is -0.0103. The van der Waals surface area contributed by atoms with Crippen LogP contribution in [-0.4, -0.2) is 23.7 Å². The van der Waals surface area contributed by atoms with Gasteiger partial charge in [-0.25, -0.2) is 0 Å². The summed E-state index contributed by atoms with van der Waals surface area (Å²) in [6, 6.07) is 12.1. The highest BCUT2D eigenvalue weighted by molar-refractivity contribution is 5.62. The van der Waals surface area contributed by atoms with Gasteiger partial charge in [-0.2, -0.15) is 0 Å².